The molecule has 2 bridgehead atoms. The maximum absolute atomic E-state index is 12.5. The van der Waals surface area contributed by atoms with Crippen molar-refractivity contribution in [1.29, 1.82) is 0 Å². The molecule has 0 aromatic heterocycles. The number of aliphatic hydroxyl groups is 1. The van der Waals surface area contributed by atoms with Crippen molar-refractivity contribution in [2.75, 3.05) is 6.61 Å². The minimum absolute atomic E-state index is 0.0182. The van der Waals surface area contributed by atoms with Gasteiger partial charge in [0.25, 0.3) is 0 Å². The summed E-state index contributed by atoms with van der Waals surface area (Å²) in [6.45, 7) is 10.2. The van der Waals surface area contributed by atoms with Crippen molar-refractivity contribution in [2.24, 2.45) is 33.5 Å². The molecule has 4 aliphatic rings. The van der Waals surface area contributed by atoms with E-state index in [0.717, 1.165) is 25.2 Å². The average Bonchev–Trinajstić information content (AvgIpc) is 2.89. The largest absolute Gasteiger partial charge is 0.465 e. The Balaban J connectivity index is 1.40. The van der Waals surface area contributed by atoms with E-state index in [0.29, 0.717) is 29.8 Å². The highest BCUT2D eigenvalue weighted by atomic mass is 16.5. The van der Waals surface area contributed by atoms with Crippen LogP contribution in [0.15, 0.2) is 0 Å². The first-order chi connectivity index (χ1) is 14.7. The second-order valence-corrected chi connectivity index (χ2v) is 12.9. The number of aliphatic hydroxyl groups excluding tert-OH is 1. The van der Waals surface area contributed by atoms with Crippen LogP contribution < -0.4 is 0 Å². The monoisotopic (exact) mass is 432 g/mol. The molecule has 0 aliphatic heterocycles. The van der Waals surface area contributed by atoms with Crippen LogP contribution in [-0.2, 0) is 9.53 Å². The fourth-order valence-corrected chi connectivity index (χ4v) is 9.23. The van der Waals surface area contributed by atoms with Gasteiger partial charge < -0.3 is 9.84 Å². The van der Waals surface area contributed by atoms with E-state index in [-0.39, 0.29) is 22.9 Å². The number of unbranched alkanes of at least 4 members (excludes halogenated alkanes) is 4. The molecule has 1 N–H and O–H groups in total. The zero-order valence-corrected chi connectivity index (χ0v) is 20.8. The number of fused-ring (bicyclic) bond motifs is 3. The van der Waals surface area contributed by atoms with Crippen molar-refractivity contribution < 1.29 is 14.6 Å². The highest BCUT2D eigenvalue weighted by molar-refractivity contribution is 5.69. The van der Waals surface area contributed by atoms with Gasteiger partial charge in [0.2, 0.25) is 0 Å². The van der Waals surface area contributed by atoms with Crippen molar-refractivity contribution >= 4 is 5.97 Å². The number of esters is 1. The number of hydrogen-bond acceptors (Lipinski definition) is 3. The average molecular weight is 433 g/mol. The van der Waals surface area contributed by atoms with E-state index in [9.17, 15) is 9.90 Å². The lowest BCUT2D eigenvalue weighted by Gasteiger charge is -2.64. The van der Waals surface area contributed by atoms with E-state index in [1.165, 1.54) is 70.6 Å². The number of hydrogen-bond donors (Lipinski definition) is 1. The van der Waals surface area contributed by atoms with Gasteiger partial charge in [-0.15, -0.1) is 0 Å². The van der Waals surface area contributed by atoms with Gasteiger partial charge in [-0.25, -0.2) is 0 Å². The first kappa shape index (κ1) is 23.6. The lowest BCUT2D eigenvalue weighted by molar-refractivity contribution is -0.176. The molecule has 0 amide bonds. The van der Waals surface area contributed by atoms with E-state index in [1.807, 2.05) is 0 Å². The quantitative estimate of drug-likeness (QED) is 0.330. The Morgan fingerprint density at radius 1 is 0.968 bits per heavy atom. The predicted molar refractivity (Wildman–Crippen MR) is 126 cm³/mol. The summed E-state index contributed by atoms with van der Waals surface area (Å²) in [5, 5.41) is 10.9. The third-order valence-electron chi connectivity index (χ3n) is 10.8. The first-order valence-electron chi connectivity index (χ1n) is 13.5. The van der Waals surface area contributed by atoms with Gasteiger partial charge in [-0.1, -0.05) is 59.8 Å². The second kappa shape index (κ2) is 8.65. The van der Waals surface area contributed by atoms with Gasteiger partial charge in [-0.2, -0.15) is 0 Å². The summed E-state index contributed by atoms with van der Waals surface area (Å²) < 4.78 is 5.93. The van der Waals surface area contributed by atoms with Gasteiger partial charge >= 0.3 is 5.97 Å². The summed E-state index contributed by atoms with van der Waals surface area (Å²) in [5.41, 5.74) is 0.975. The minimum Gasteiger partial charge on any atom is -0.465 e. The van der Waals surface area contributed by atoms with E-state index >= 15 is 0 Å². The molecule has 0 saturated heterocycles. The van der Waals surface area contributed by atoms with Crippen LogP contribution in [0.25, 0.3) is 0 Å². The molecule has 7 atom stereocenters. The molecule has 0 aromatic rings. The Morgan fingerprint density at radius 2 is 1.71 bits per heavy atom. The maximum Gasteiger partial charge on any atom is 0.305 e. The van der Waals surface area contributed by atoms with Gasteiger partial charge in [0, 0.05) is 11.8 Å². The predicted octanol–water partition coefficient (Wildman–Crippen LogP) is 7.05. The highest BCUT2D eigenvalue weighted by Gasteiger charge is 2.67. The smallest absolute Gasteiger partial charge is 0.305 e. The molecular formula is C28H48O3. The number of carbonyl (C=O) groups excluding carboxylic acids is 1. The molecule has 178 valence electrons. The molecule has 3 nitrogen and oxygen atoms in total. The van der Waals surface area contributed by atoms with Crippen LogP contribution in [0.5, 0.6) is 0 Å². The third-order valence-corrected chi connectivity index (χ3v) is 10.8. The Labute approximate surface area is 191 Å². The van der Waals surface area contributed by atoms with Crippen LogP contribution in [0.4, 0.5) is 0 Å². The number of rotatable bonds is 8. The van der Waals surface area contributed by atoms with E-state index in [2.05, 4.69) is 27.7 Å². The molecule has 0 radical (unpaired) electrons. The van der Waals surface area contributed by atoms with Gasteiger partial charge in [0.1, 0.15) is 0 Å². The summed E-state index contributed by atoms with van der Waals surface area (Å²) >= 11 is 0. The van der Waals surface area contributed by atoms with Gasteiger partial charge in [0.05, 0.1) is 12.7 Å². The molecule has 4 saturated carbocycles. The van der Waals surface area contributed by atoms with Crippen molar-refractivity contribution in [3.05, 3.63) is 0 Å². The fourth-order valence-electron chi connectivity index (χ4n) is 9.23. The van der Waals surface area contributed by atoms with E-state index in [4.69, 9.17) is 4.74 Å². The number of ether oxygens (including phenoxy) is 1. The third kappa shape index (κ3) is 4.11. The van der Waals surface area contributed by atoms with Crippen molar-refractivity contribution in [1.82, 2.24) is 0 Å². The molecule has 31 heavy (non-hydrogen) atoms. The number of carbonyl (C=O) groups is 1. The topological polar surface area (TPSA) is 46.5 Å². The van der Waals surface area contributed by atoms with Gasteiger partial charge in [0.15, 0.2) is 0 Å². The molecule has 0 heterocycles. The molecule has 0 aromatic carbocycles. The fraction of sp³-hybridized carbons (Fsp3) is 0.964. The molecule has 4 fully saturated rings. The summed E-state index contributed by atoms with van der Waals surface area (Å²) in [5.74, 6) is 1.39. The van der Waals surface area contributed by atoms with Crippen LogP contribution in [0.3, 0.4) is 0 Å². The summed E-state index contributed by atoms with van der Waals surface area (Å²) in [6, 6.07) is 0. The first-order valence-corrected chi connectivity index (χ1v) is 13.5. The lowest BCUT2D eigenvalue weighted by atomic mass is 9.40. The summed E-state index contributed by atoms with van der Waals surface area (Å²) in [4.78, 5) is 12.5. The molecule has 4 rings (SSSR count). The van der Waals surface area contributed by atoms with Crippen LogP contribution in [0.2, 0.25) is 0 Å². The minimum atomic E-state index is -0.106. The molecular weight excluding hydrogens is 384 g/mol. The molecule has 4 aliphatic carbocycles. The summed E-state index contributed by atoms with van der Waals surface area (Å²) in [7, 11) is 0. The van der Waals surface area contributed by atoms with Crippen molar-refractivity contribution in [3.63, 3.8) is 0 Å². The van der Waals surface area contributed by atoms with Crippen LogP contribution in [-0.4, -0.2) is 23.8 Å². The van der Waals surface area contributed by atoms with Crippen molar-refractivity contribution in [2.45, 2.75) is 130 Å². The lowest BCUT2D eigenvalue weighted by Crippen LogP contribution is -2.57. The zero-order valence-electron chi connectivity index (χ0n) is 20.8. The Morgan fingerprint density at radius 3 is 2.48 bits per heavy atom. The van der Waals surface area contributed by atoms with Gasteiger partial charge in [-0.3, -0.25) is 4.79 Å². The SMILES string of the molecule is CCCCCCCC(=O)OC[C@]1(C)CCC[C@]2(C)[C@@H]1CC[C@@]13C[C@@H](O)[C@@](C)(CC[C@H]12)C3. The standard InChI is InChI=1S/C28H48O3/c1-5-6-7-8-9-11-24(30)31-20-26(3)14-10-15-27(4)21(26)13-17-28-18-23(29)25(2,19-28)16-12-22(27)28/h21-23,29H,5-20H2,1-4H3/t21-,22+,23-,25+,26+,27-,28+/m1/s1. The van der Waals surface area contributed by atoms with Gasteiger partial charge in [-0.05, 0) is 85.9 Å². The van der Waals surface area contributed by atoms with Crippen LogP contribution >= 0.6 is 0 Å². The highest BCUT2D eigenvalue weighted by Crippen LogP contribution is 2.73. The maximum atomic E-state index is 12.5. The van der Waals surface area contributed by atoms with Crippen LogP contribution in [0.1, 0.15) is 124 Å². The zero-order chi connectivity index (χ0) is 22.3. The summed E-state index contributed by atoms with van der Waals surface area (Å²) in [6.07, 6.45) is 17.4. The van der Waals surface area contributed by atoms with Crippen LogP contribution in [0, 0.1) is 33.5 Å². The molecule has 3 heteroatoms. The van der Waals surface area contributed by atoms with E-state index < -0.39 is 0 Å². The van der Waals surface area contributed by atoms with Crippen molar-refractivity contribution in [3.8, 4) is 0 Å². The Hall–Kier alpha value is -0.570. The Kier molecular flexibility index (Phi) is 6.58. The Bertz CT molecular complexity index is 661. The normalized spacial score (nSPS) is 46.3. The van der Waals surface area contributed by atoms with E-state index in [1.54, 1.807) is 0 Å². The second-order valence-electron chi connectivity index (χ2n) is 12.9. The molecule has 0 unspecified atom stereocenters. The molecule has 1 spiro atoms.